The molecule has 0 saturated carbocycles. The van der Waals surface area contributed by atoms with Crippen LogP contribution >= 0.6 is 0 Å². The van der Waals surface area contributed by atoms with E-state index in [0.717, 1.165) is 50.2 Å². The maximum atomic E-state index is 5.24. The van der Waals surface area contributed by atoms with Crippen molar-refractivity contribution in [1.29, 1.82) is 0 Å². The molecule has 3 aromatic heterocycles. The molecule has 1 N–H and O–H groups in total. The third kappa shape index (κ3) is 3.01. The van der Waals surface area contributed by atoms with Gasteiger partial charge in [0.2, 0.25) is 0 Å². The number of H-pyrrole nitrogens is 1. The Hall–Kier alpha value is -5.48. The van der Waals surface area contributed by atoms with Crippen LogP contribution in [0.3, 0.4) is 0 Å². The number of nitrogens with zero attached hydrogens (tertiary/aromatic N) is 3. The summed E-state index contributed by atoms with van der Waals surface area (Å²) in [6, 6.07) is 44.8. The van der Waals surface area contributed by atoms with Crippen molar-refractivity contribution in [1.82, 2.24) is 19.5 Å². The zero-order valence-electron chi connectivity index (χ0n) is 21.5. The van der Waals surface area contributed by atoms with Crippen LogP contribution < -0.4 is 0 Å². The second kappa shape index (κ2) is 8.01. The molecule has 4 heteroatoms. The average molecular weight is 511 g/mol. The van der Waals surface area contributed by atoms with Gasteiger partial charge in [-0.15, -0.1) is 0 Å². The molecule has 0 aliphatic rings. The molecule has 9 rings (SSSR count). The van der Waals surface area contributed by atoms with Gasteiger partial charge in [-0.2, -0.15) is 0 Å². The first-order chi connectivity index (χ1) is 19.8. The third-order valence-corrected chi connectivity index (χ3v) is 8.07. The van der Waals surface area contributed by atoms with Crippen LogP contribution in [0.1, 0.15) is 0 Å². The number of fused-ring (bicyclic) bond motifs is 8. The Balaban J connectivity index is 1.43. The second-order valence-corrected chi connectivity index (χ2v) is 10.4. The van der Waals surface area contributed by atoms with Crippen LogP contribution in [0.5, 0.6) is 0 Å². The van der Waals surface area contributed by atoms with Crippen LogP contribution in [-0.2, 0) is 0 Å². The Morgan fingerprint density at radius 3 is 1.98 bits per heavy atom. The molecule has 6 aromatic carbocycles. The van der Waals surface area contributed by atoms with E-state index in [1.54, 1.807) is 0 Å². The monoisotopic (exact) mass is 510 g/mol. The van der Waals surface area contributed by atoms with Crippen LogP contribution in [0.4, 0.5) is 0 Å². The van der Waals surface area contributed by atoms with Crippen molar-refractivity contribution in [3.8, 4) is 17.1 Å². The quantitative estimate of drug-likeness (QED) is 0.252. The maximum absolute atomic E-state index is 5.24. The highest BCUT2D eigenvalue weighted by atomic mass is 15.1. The topological polar surface area (TPSA) is 46.5 Å². The zero-order chi connectivity index (χ0) is 26.2. The molecule has 3 heterocycles. The normalized spacial score (nSPS) is 12.0. The molecule has 4 nitrogen and oxygen atoms in total. The van der Waals surface area contributed by atoms with E-state index in [4.69, 9.17) is 9.97 Å². The van der Waals surface area contributed by atoms with E-state index < -0.39 is 0 Å². The van der Waals surface area contributed by atoms with Crippen LogP contribution in [0.25, 0.3) is 82.5 Å². The standard InChI is InChI=1S/C36H22N4/c1-2-10-22(11-3-1)35-36(39-30-16-8-7-15-29(30)38-35)40-33-17-9-6-14-25(33)28-20-27-26-18-23-12-4-5-13-24(23)19-31(26)37-32(27)21-34(28)40/h1-21,37H. The van der Waals surface area contributed by atoms with Crippen molar-refractivity contribution < 1.29 is 0 Å². The molecule has 186 valence electrons. The van der Waals surface area contributed by atoms with Gasteiger partial charge in [-0.05, 0) is 53.2 Å². The molecule has 0 atom stereocenters. The van der Waals surface area contributed by atoms with Gasteiger partial charge in [0.1, 0.15) is 5.69 Å². The lowest BCUT2D eigenvalue weighted by atomic mass is 10.0. The van der Waals surface area contributed by atoms with Crippen LogP contribution in [0, 0.1) is 0 Å². The lowest BCUT2D eigenvalue weighted by Gasteiger charge is -2.13. The molecule has 0 amide bonds. The van der Waals surface area contributed by atoms with Crippen molar-refractivity contribution in [2.75, 3.05) is 0 Å². The highest BCUT2D eigenvalue weighted by Gasteiger charge is 2.20. The van der Waals surface area contributed by atoms with Gasteiger partial charge >= 0.3 is 0 Å². The number of nitrogens with one attached hydrogen (secondary N) is 1. The fourth-order valence-electron chi connectivity index (χ4n) is 6.22. The Morgan fingerprint density at radius 2 is 1.12 bits per heavy atom. The minimum Gasteiger partial charge on any atom is -0.354 e. The number of hydrogen-bond acceptors (Lipinski definition) is 2. The van der Waals surface area contributed by atoms with Gasteiger partial charge in [0.15, 0.2) is 5.82 Å². The molecule has 0 aliphatic carbocycles. The fraction of sp³-hybridized carbons (Fsp3) is 0. The van der Waals surface area contributed by atoms with Crippen LogP contribution in [0.15, 0.2) is 127 Å². The maximum Gasteiger partial charge on any atom is 0.165 e. The number of aromatic amines is 1. The summed E-state index contributed by atoms with van der Waals surface area (Å²) in [5, 5.41) is 7.35. The smallest absolute Gasteiger partial charge is 0.165 e. The summed E-state index contributed by atoms with van der Waals surface area (Å²) in [5.41, 5.74) is 8.14. The highest BCUT2D eigenvalue weighted by Crippen LogP contribution is 2.39. The van der Waals surface area contributed by atoms with Gasteiger partial charge in [-0.25, -0.2) is 9.97 Å². The largest absolute Gasteiger partial charge is 0.354 e. The van der Waals surface area contributed by atoms with E-state index in [1.807, 2.05) is 30.3 Å². The molecule has 9 aromatic rings. The first-order valence-corrected chi connectivity index (χ1v) is 13.5. The average Bonchev–Trinajstić information content (AvgIpc) is 3.52. The summed E-state index contributed by atoms with van der Waals surface area (Å²) in [5.74, 6) is 0.831. The lowest BCUT2D eigenvalue weighted by Crippen LogP contribution is -2.03. The molecular formula is C36H22N4. The van der Waals surface area contributed by atoms with E-state index in [2.05, 4.69) is 107 Å². The van der Waals surface area contributed by atoms with Crippen molar-refractivity contribution in [2.45, 2.75) is 0 Å². The predicted octanol–water partition coefficient (Wildman–Crippen LogP) is 9.18. The third-order valence-electron chi connectivity index (χ3n) is 8.07. The van der Waals surface area contributed by atoms with Gasteiger partial charge in [0.25, 0.3) is 0 Å². The number of benzene rings is 6. The van der Waals surface area contributed by atoms with Gasteiger partial charge < -0.3 is 4.98 Å². The summed E-state index contributed by atoms with van der Waals surface area (Å²) in [6.45, 7) is 0. The number of hydrogen-bond donors (Lipinski definition) is 1. The molecule has 40 heavy (non-hydrogen) atoms. The molecule has 0 saturated heterocycles. The summed E-state index contributed by atoms with van der Waals surface area (Å²) >= 11 is 0. The van der Waals surface area contributed by atoms with Gasteiger partial charge in [-0.3, -0.25) is 4.57 Å². The molecular weight excluding hydrogens is 488 g/mol. The first-order valence-electron chi connectivity index (χ1n) is 13.5. The van der Waals surface area contributed by atoms with Crippen molar-refractivity contribution in [2.24, 2.45) is 0 Å². The summed E-state index contributed by atoms with van der Waals surface area (Å²) in [4.78, 5) is 14.1. The predicted molar refractivity (Wildman–Crippen MR) is 166 cm³/mol. The number of aromatic nitrogens is 4. The van der Waals surface area contributed by atoms with Gasteiger partial charge in [-0.1, -0.05) is 84.9 Å². The van der Waals surface area contributed by atoms with Crippen LogP contribution in [-0.4, -0.2) is 19.5 Å². The SMILES string of the molecule is c1ccc(-c2nc3ccccc3nc2-n2c3ccccc3c3cc4c(cc32)[nH]c2cc3ccccc3cc24)cc1. The van der Waals surface area contributed by atoms with Crippen molar-refractivity contribution >= 4 is 65.4 Å². The molecule has 0 unspecified atom stereocenters. The van der Waals surface area contributed by atoms with E-state index in [1.165, 1.54) is 32.3 Å². The molecule has 0 radical (unpaired) electrons. The van der Waals surface area contributed by atoms with Gasteiger partial charge in [0.05, 0.1) is 22.1 Å². The fourth-order valence-corrected chi connectivity index (χ4v) is 6.22. The Labute approximate surface area is 229 Å². The minimum absolute atomic E-state index is 0.831. The van der Waals surface area contributed by atoms with Gasteiger partial charge in [0, 0.05) is 38.1 Å². The Bertz CT molecular complexity index is 2430. The van der Waals surface area contributed by atoms with E-state index in [-0.39, 0.29) is 0 Å². The molecule has 0 fully saturated rings. The Morgan fingerprint density at radius 1 is 0.475 bits per heavy atom. The van der Waals surface area contributed by atoms with E-state index in [0.29, 0.717) is 0 Å². The summed E-state index contributed by atoms with van der Waals surface area (Å²) in [7, 11) is 0. The van der Waals surface area contributed by atoms with Crippen LogP contribution in [0.2, 0.25) is 0 Å². The lowest BCUT2D eigenvalue weighted by molar-refractivity contribution is 1.08. The number of para-hydroxylation sites is 3. The second-order valence-electron chi connectivity index (χ2n) is 10.4. The molecule has 0 aliphatic heterocycles. The summed E-state index contributed by atoms with van der Waals surface area (Å²) < 4.78 is 2.29. The first kappa shape index (κ1) is 21.5. The molecule has 0 bridgehead atoms. The van der Waals surface area contributed by atoms with E-state index in [9.17, 15) is 0 Å². The minimum atomic E-state index is 0.831. The van der Waals surface area contributed by atoms with Crippen molar-refractivity contribution in [3.63, 3.8) is 0 Å². The summed E-state index contributed by atoms with van der Waals surface area (Å²) in [6.07, 6.45) is 0. The van der Waals surface area contributed by atoms with E-state index >= 15 is 0 Å². The number of rotatable bonds is 2. The molecule has 0 spiro atoms. The highest BCUT2D eigenvalue weighted by molar-refractivity contribution is 6.19. The Kier molecular flexibility index (Phi) is 4.30. The zero-order valence-corrected chi connectivity index (χ0v) is 21.5. The van der Waals surface area contributed by atoms with Crippen molar-refractivity contribution in [3.05, 3.63) is 127 Å².